The number of benzene rings is 2. The van der Waals surface area contributed by atoms with Crippen molar-refractivity contribution < 1.29 is 18.7 Å². The van der Waals surface area contributed by atoms with Crippen LogP contribution in [-0.2, 0) is 9.59 Å². The molecule has 154 valence electrons. The molecule has 0 radical (unpaired) electrons. The van der Waals surface area contributed by atoms with Gasteiger partial charge in [-0.1, -0.05) is 29.8 Å². The molecule has 0 saturated heterocycles. The van der Waals surface area contributed by atoms with E-state index in [2.05, 4.69) is 15.6 Å². The Bertz CT molecular complexity index is 1180. The Hall–Kier alpha value is -2.93. The second kappa shape index (κ2) is 6.80. The Balaban J connectivity index is 1.13. The molecule has 3 saturated carbocycles. The molecule has 1 aliphatic heterocycles. The number of nitrogens with one attached hydrogen (secondary N) is 2. The zero-order valence-electron chi connectivity index (χ0n) is 16.0. The first kappa shape index (κ1) is 19.1. The van der Waals surface area contributed by atoms with Crippen LogP contribution in [0.2, 0.25) is 5.02 Å². The average Bonchev–Trinajstić information content (AvgIpc) is 3.10. The van der Waals surface area contributed by atoms with E-state index in [1.165, 1.54) is 12.1 Å². The average molecular weight is 428 g/mol. The lowest BCUT2D eigenvalue weighted by Crippen LogP contribution is -2.84. The maximum absolute atomic E-state index is 13.4. The standard InChI is InChI=1S/C22H19ClFN3O3/c23-16-6-5-13(7-17(16)24)30-9-19(28)26-21-10-22(11-21,12-21)27-20(29)15-8-25-18-4-2-1-3-14(15)18/h1-7H,8-12H2,(H,26,28)(H,27,29). The lowest BCUT2D eigenvalue weighted by atomic mass is 9.44. The highest BCUT2D eigenvalue weighted by Gasteiger charge is 2.69. The van der Waals surface area contributed by atoms with Crippen LogP contribution in [0.4, 0.5) is 4.39 Å². The van der Waals surface area contributed by atoms with E-state index in [9.17, 15) is 14.0 Å². The minimum Gasteiger partial charge on any atom is -0.484 e. The van der Waals surface area contributed by atoms with Gasteiger partial charge in [0.25, 0.3) is 5.91 Å². The molecule has 0 spiro atoms. The first-order chi connectivity index (χ1) is 14.4. The number of carbonyl (C=O) groups is 2. The summed E-state index contributed by atoms with van der Waals surface area (Å²) in [5.74, 6) is -0.714. The van der Waals surface area contributed by atoms with E-state index in [0.29, 0.717) is 31.4 Å². The van der Waals surface area contributed by atoms with Crippen molar-refractivity contribution in [2.45, 2.75) is 30.3 Å². The summed E-state index contributed by atoms with van der Waals surface area (Å²) in [6, 6.07) is 11.7. The van der Waals surface area contributed by atoms with Gasteiger partial charge >= 0.3 is 0 Å². The van der Waals surface area contributed by atoms with Crippen molar-refractivity contribution in [3.05, 3.63) is 63.9 Å². The third kappa shape index (κ3) is 3.23. The van der Waals surface area contributed by atoms with Crippen LogP contribution in [0.3, 0.4) is 0 Å². The third-order valence-electron chi connectivity index (χ3n) is 5.99. The van der Waals surface area contributed by atoms with Gasteiger partial charge in [-0.05, 0) is 37.5 Å². The molecule has 8 heteroatoms. The number of hydrogen-bond acceptors (Lipinski definition) is 4. The highest BCUT2D eigenvalue weighted by molar-refractivity contribution is 6.30. The lowest BCUT2D eigenvalue weighted by Gasteiger charge is -2.70. The van der Waals surface area contributed by atoms with E-state index in [-0.39, 0.29) is 40.3 Å². The molecule has 0 unspecified atom stereocenters. The van der Waals surface area contributed by atoms with E-state index in [1.807, 2.05) is 24.3 Å². The van der Waals surface area contributed by atoms with Gasteiger partial charge in [-0.3, -0.25) is 14.6 Å². The molecule has 1 heterocycles. The molecule has 0 atom stereocenters. The molecule has 2 aromatic carbocycles. The number of halogens is 2. The van der Waals surface area contributed by atoms with Crippen LogP contribution in [-0.4, -0.2) is 36.0 Å². The molecule has 30 heavy (non-hydrogen) atoms. The highest BCUT2D eigenvalue weighted by Crippen LogP contribution is 2.60. The smallest absolute Gasteiger partial charge is 0.258 e. The van der Waals surface area contributed by atoms with Gasteiger partial charge < -0.3 is 15.4 Å². The van der Waals surface area contributed by atoms with Gasteiger partial charge in [0.1, 0.15) is 11.6 Å². The Labute approximate surface area is 176 Å². The predicted molar refractivity (Wildman–Crippen MR) is 108 cm³/mol. The van der Waals surface area contributed by atoms with Crippen molar-refractivity contribution in [2.24, 2.45) is 4.99 Å². The number of fused-ring (bicyclic) bond motifs is 1. The number of rotatable bonds is 6. The molecule has 3 fully saturated rings. The van der Waals surface area contributed by atoms with Crippen LogP contribution in [0.5, 0.6) is 5.75 Å². The minimum atomic E-state index is -0.595. The summed E-state index contributed by atoms with van der Waals surface area (Å²) >= 11 is 5.63. The second-order valence-electron chi connectivity index (χ2n) is 8.27. The first-order valence-corrected chi connectivity index (χ1v) is 10.1. The number of nitrogens with zero attached hydrogens (tertiary/aromatic N) is 1. The monoisotopic (exact) mass is 427 g/mol. The summed E-state index contributed by atoms with van der Waals surface area (Å²) in [4.78, 5) is 29.3. The molecule has 2 amide bonds. The number of ether oxygens (including phenoxy) is 1. The fraction of sp³-hybridized carbons (Fsp3) is 0.318. The maximum Gasteiger partial charge on any atom is 0.258 e. The van der Waals surface area contributed by atoms with Crippen LogP contribution in [0, 0.1) is 5.82 Å². The molecule has 3 aliphatic carbocycles. The van der Waals surface area contributed by atoms with Crippen LogP contribution < -0.4 is 25.9 Å². The third-order valence-corrected chi connectivity index (χ3v) is 6.29. The first-order valence-electron chi connectivity index (χ1n) is 9.71. The van der Waals surface area contributed by atoms with Crippen molar-refractivity contribution in [1.82, 2.24) is 10.6 Å². The molecule has 4 aliphatic rings. The minimum absolute atomic E-state index is 0.000871. The quantitative estimate of drug-likeness (QED) is 0.728. The van der Waals surface area contributed by atoms with Gasteiger partial charge in [0.15, 0.2) is 6.61 Å². The fourth-order valence-electron chi connectivity index (χ4n) is 4.73. The van der Waals surface area contributed by atoms with Gasteiger partial charge in [-0.2, -0.15) is 0 Å². The van der Waals surface area contributed by atoms with Crippen LogP contribution in [0.1, 0.15) is 19.3 Å². The molecule has 2 N–H and O–H groups in total. The number of hydrogen-bond donors (Lipinski definition) is 2. The normalized spacial score (nSPS) is 25.3. The highest BCUT2D eigenvalue weighted by atomic mass is 35.5. The van der Waals surface area contributed by atoms with Crippen molar-refractivity contribution in [1.29, 1.82) is 0 Å². The number of para-hydroxylation sites is 1. The molecular weight excluding hydrogens is 409 g/mol. The van der Waals surface area contributed by atoms with Crippen molar-refractivity contribution >= 4 is 29.0 Å². The van der Waals surface area contributed by atoms with Crippen LogP contribution in [0.25, 0.3) is 5.57 Å². The SMILES string of the molecule is O=C(COc1ccc(Cl)c(F)c1)NC12CC(NC(=O)C3=c4ccccc4=NC3)(C1)C2. The van der Waals surface area contributed by atoms with Gasteiger partial charge in [0.05, 0.1) is 16.9 Å². The predicted octanol–water partition coefficient (Wildman–Crippen LogP) is 1.25. The second-order valence-corrected chi connectivity index (χ2v) is 8.68. The fourth-order valence-corrected chi connectivity index (χ4v) is 4.84. The Morgan fingerprint density at radius 3 is 2.60 bits per heavy atom. The Morgan fingerprint density at radius 1 is 1.10 bits per heavy atom. The lowest BCUT2D eigenvalue weighted by molar-refractivity contribution is -0.148. The van der Waals surface area contributed by atoms with Gasteiger partial charge in [0.2, 0.25) is 5.91 Å². The van der Waals surface area contributed by atoms with E-state index in [4.69, 9.17) is 16.3 Å². The number of carbonyl (C=O) groups excluding carboxylic acids is 2. The van der Waals surface area contributed by atoms with Gasteiger partial charge in [-0.15, -0.1) is 0 Å². The van der Waals surface area contributed by atoms with Crippen molar-refractivity contribution in [3.8, 4) is 5.75 Å². The van der Waals surface area contributed by atoms with E-state index in [0.717, 1.165) is 16.6 Å². The maximum atomic E-state index is 13.4. The van der Waals surface area contributed by atoms with E-state index in [1.54, 1.807) is 0 Å². The van der Waals surface area contributed by atoms with Crippen molar-refractivity contribution in [3.63, 3.8) is 0 Å². The molecule has 6 nitrogen and oxygen atoms in total. The van der Waals surface area contributed by atoms with Crippen LogP contribution >= 0.6 is 11.6 Å². The topological polar surface area (TPSA) is 79.8 Å². The largest absolute Gasteiger partial charge is 0.484 e. The molecule has 2 bridgehead atoms. The van der Waals surface area contributed by atoms with E-state index >= 15 is 0 Å². The zero-order chi connectivity index (χ0) is 20.9. The molecule has 6 rings (SSSR count). The molecular formula is C22H19ClFN3O3. The van der Waals surface area contributed by atoms with Crippen molar-refractivity contribution in [2.75, 3.05) is 13.2 Å². The summed E-state index contributed by atoms with van der Waals surface area (Å²) in [6.45, 7) is 0.185. The molecule has 0 aromatic heterocycles. The van der Waals surface area contributed by atoms with E-state index < -0.39 is 5.82 Å². The van der Waals surface area contributed by atoms with Gasteiger partial charge in [-0.25, -0.2) is 4.39 Å². The Kier molecular flexibility index (Phi) is 4.32. The molecule has 2 aromatic rings. The zero-order valence-corrected chi connectivity index (χ0v) is 16.8. The summed E-state index contributed by atoms with van der Waals surface area (Å²) in [5, 5.41) is 7.86. The Morgan fingerprint density at radius 2 is 1.83 bits per heavy atom. The van der Waals surface area contributed by atoms with Crippen LogP contribution in [0.15, 0.2) is 47.5 Å². The summed E-state index contributed by atoms with van der Waals surface area (Å²) < 4.78 is 18.8. The van der Waals surface area contributed by atoms with Gasteiger partial charge in [0, 0.05) is 27.9 Å². The summed E-state index contributed by atoms with van der Waals surface area (Å²) in [5.41, 5.74) is 0.147. The summed E-state index contributed by atoms with van der Waals surface area (Å²) in [7, 11) is 0. The summed E-state index contributed by atoms with van der Waals surface area (Å²) in [6.07, 6.45) is 2.08. The number of amides is 2.